The van der Waals surface area contributed by atoms with Crippen molar-refractivity contribution >= 4 is 5.91 Å². The Kier molecular flexibility index (Phi) is 12.5. The molecule has 1 atom stereocenters. The number of hydrogen-bond acceptors (Lipinski definition) is 2. The molecule has 1 amide bonds. The Labute approximate surface area is 112 Å². The van der Waals surface area contributed by atoms with Gasteiger partial charge in [-0.05, 0) is 19.8 Å². The molecule has 0 fully saturated rings. The molecular formula is C15H31NO2. The SMILES string of the molecule is CCCCCCCCCCNC(=O)CCC(C)O. The summed E-state index contributed by atoms with van der Waals surface area (Å²) in [5.41, 5.74) is 0. The first kappa shape index (κ1) is 17.4. The zero-order valence-corrected chi connectivity index (χ0v) is 12.2. The van der Waals surface area contributed by atoms with Crippen molar-refractivity contribution in [1.82, 2.24) is 5.32 Å². The summed E-state index contributed by atoms with van der Waals surface area (Å²) in [6, 6.07) is 0. The van der Waals surface area contributed by atoms with E-state index < -0.39 is 0 Å². The fraction of sp³-hybridized carbons (Fsp3) is 0.933. The normalized spacial score (nSPS) is 12.4. The van der Waals surface area contributed by atoms with Gasteiger partial charge in [0.1, 0.15) is 0 Å². The van der Waals surface area contributed by atoms with Gasteiger partial charge >= 0.3 is 0 Å². The molecule has 0 aromatic heterocycles. The topological polar surface area (TPSA) is 49.3 Å². The second-order valence-corrected chi connectivity index (χ2v) is 5.21. The summed E-state index contributed by atoms with van der Waals surface area (Å²) in [6.07, 6.45) is 10.9. The highest BCUT2D eigenvalue weighted by Crippen LogP contribution is 2.07. The summed E-state index contributed by atoms with van der Waals surface area (Å²) in [7, 11) is 0. The van der Waals surface area contributed by atoms with Crippen molar-refractivity contribution in [2.75, 3.05) is 6.54 Å². The van der Waals surface area contributed by atoms with Gasteiger partial charge in [0, 0.05) is 13.0 Å². The van der Waals surface area contributed by atoms with Crippen molar-refractivity contribution in [3.8, 4) is 0 Å². The molecule has 0 spiro atoms. The molecule has 108 valence electrons. The first-order valence-corrected chi connectivity index (χ1v) is 7.61. The van der Waals surface area contributed by atoms with E-state index in [1.54, 1.807) is 6.92 Å². The van der Waals surface area contributed by atoms with Gasteiger partial charge in [-0.3, -0.25) is 4.79 Å². The number of amides is 1. The van der Waals surface area contributed by atoms with E-state index in [2.05, 4.69) is 12.2 Å². The van der Waals surface area contributed by atoms with E-state index in [-0.39, 0.29) is 12.0 Å². The zero-order chi connectivity index (χ0) is 13.6. The summed E-state index contributed by atoms with van der Waals surface area (Å²) >= 11 is 0. The fourth-order valence-corrected chi connectivity index (χ4v) is 1.92. The second kappa shape index (κ2) is 12.9. The van der Waals surface area contributed by atoms with Gasteiger partial charge in [0.15, 0.2) is 0 Å². The first-order chi connectivity index (χ1) is 8.66. The Morgan fingerprint density at radius 2 is 1.61 bits per heavy atom. The maximum absolute atomic E-state index is 11.3. The van der Waals surface area contributed by atoms with Crippen molar-refractivity contribution in [3.63, 3.8) is 0 Å². The highest BCUT2D eigenvalue weighted by Gasteiger charge is 2.02. The van der Waals surface area contributed by atoms with Gasteiger partial charge < -0.3 is 10.4 Å². The summed E-state index contributed by atoms with van der Waals surface area (Å²) < 4.78 is 0. The Bertz CT molecular complexity index is 193. The monoisotopic (exact) mass is 257 g/mol. The van der Waals surface area contributed by atoms with Crippen LogP contribution in [0.4, 0.5) is 0 Å². The molecule has 0 bridgehead atoms. The summed E-state index contributed by atoms with van der Waals surface area (Å²) in [5, 5.41) is 12.0. The third-order valence-corrected chi connectivity index (χ3v) is 3.14. The highest BCUT2D eigenvalue weighted by molar-refractivity contribution is 5.75. The number of unbranched alkanes of at least 4 members (excludes halogenated alkanes) is 7. The quantitative estimate of drug-likeness (QED) is 0.526. The van der Waals surface area contributed by atoms with Crippen molar-refractivity contribution < 1.29 is 9.90 Å². The first-order valence-electron chi connectivity index (χ1n) is 7.61. The number of rotatable bonds is 12. The van der Waals surface area contributed by atoms with E-state index in [1.165, 1.54) is 44.9 Å². The van der Waals surface area contributed by atoms with Crippen molar-refractivity contribution in [1.29, 1.82) is 0 Å². The molecule has 0 saturated carbocycles. The maximum Gasteiger partial charge on any atom is 0.220 e. The predicted molar refractivity (Wildman–Crippen MR) is 76.5 cm³/mol. The van der Waals surface area contributed by atoms with Gasteiger partial charge in [-0.25, -0.2) is 0 Å². The molecule has 0 rings (SSSR count). The number of carbonyl (C=O) groups is 1. The Morgan fingerprint density at radius 3 is 2.17 bits per heavy atom. The average molecular weight is 257 g/mol. The van der Waals surface area contributed by atoms with E-state index >= 15 is 0 Å². The van der Waals surface area contributed by atoms with Crippen molar-refractivity contribution in [3.05, 3.63) is 0 Å². The van der Waals surface area contributed by atoms with Gasteiger partial charge in [0.2, 0.25) is 5.91 Å². The molecule has 3 nitrogen and oxygen atoms in total. The van der Waals surface area contributed by atoms with Gasteiger partial charge in [-0.1, -0.05) is 51.9 Å². The van der Waals surface area contributed by atoms with Gasteiger partial charge in [0.25, 0.3) is 0 Å². The fourth-order valence-electron chi connectivity index (χ4n) is 1.92. The summed E-state index contributed by atoms with van der Waals surface area (Å²) in [5.74, 6) is 0.0684. The Hall–Kier alpha value is -0.570. The lowest BCUT2D eigenvalue weighted by Gasteiger charge is -2.06. The van der Waals surface area contributed by atoms with Crippen LogP contribution < -0.4 is 5.32 Å². The maximum atomic E-state index is 11.3. The molecule has 3 heteroatoms. The standard InChI is InChI=1S/C15H31NO2/c1-3-4-5-6-7-8-9-10-13-16-15(18)12-11-14(2)17/h14,17H,3-13H2,1-2H3,(H,16,18). The number of hydrogen-bond donors (Lipinski definition) is 2. The van der Waals surface area contributed by atoms with Crippen LogP contribution in [-0.4, -0.2) is 23.7 Å². The molecule has 0 saturated heterocycles. The van der Waals surface area contributed by atoms with Crippen LogP contribution in [0, 0.1) is 0 Å². The number of aliphatic hydroxyl groups excluding tert-OH is 1. The molecule has 0 heterocycles. The Morgan fingerprint density at radius 1 is 1.06 bits per heavy atom. The molecule has 0 aliphatic heterocycles. The summed E-state index contributed by atoms with van der Waals surface area (Å²) in [4.78, 5) is 11.3. The molecule has 0 radical (unpaired) electrons. The van der Waals surface area contributed by atoms with Crippen LogP contribution in [0.5, 0.6) is 0 Å². The molecular weight excluding hydrogens is 226 g/mol. The number of aliphatic hydroxyl groups is 1. The minimum Gasteiger partial charge on any atom is -0.393 e. The van der Waals surface area contributed by atoms with Gasteiger partial charge in [0.05, 0.1) is 6.10 Å². The predicted octanol–water partition coefficient (Wildman–Crippen LogP) is 3.40. The minimum atomic E-state index is -0.376. The third-order valence-electron chi connectivity index (χ3n) is 3.14. The van der Waals surface area contributed by atoms with Crippen molar-refractivity contribution in [2.24, 2.45) is 0 Å². The number of nitrogens with one attached hydrogen (secondary N) is 1. The average Bonchev–Trinajstić information content (AvgIpc) is 2.34. The van der Waals surface area contributed by atoms with Crippen LogP contribution in [-0.2, 0) is 4.79 Å². The van der Waals surface area contributed by atoms with Crippen LogP contribution in [0.25, 0.3) is 0 Å². The van der Waals surface area contributed by atoms with E-state index in [0.29, 0.717) is 12.8 Å². The zero-order valence-electron chi connectivity index (χ0n) is 12.2. The summed E-state index contributed by atoms with van der Waals surface area (Å²) in [6.45, 7) is 4.74. The smallest absolute Gasteiger partial charge is 0.220 e. The van der Waals surface area contributed by atoms with E-state index in [0.717, 1.165) is 13.0 Å². The number of carbonyl (C=O) groups excluding carboxylic acids is 1. The van der Waals surface area contributed by atoms with E-state index in [1.807, 2.05) is 0 Å². The molecule has 18 heavy (non-hydrogen) atoms. The molecule has 0 aromatic carbocycles. The highest BCUT2D eigenvalue weighted by atomic mass is 16.3. The van der Waals surface area contributed by atoms with Crippen LogP contribution in [0.15, 0.2) is 0 Å². The van der Waals surface area contributed by atoms with E-state index in [4.69, 9.17) is 5.11 Å². The lowest BCUT2D eigenvalue weighted by molar-refractivity contribution is -0.121. The molecule has 0 aromatic rings. The van der Waals surface area contributed by atoms with Crippen molar-refractivity contribution in [2.45, 2.75) is 84.2 Å². The molecule has 0 aliphatic carbocycles. The van der Waals surface area contributed by atoms with Crippen LogP contribution in [0.3, 0.4) is 0 Å². The van der Waals surface area contributed by atoms with E-state index in [9.17, 15) is 4.79 Å². The molecule has 2 N–H and O–H groups in total. The second-order valence-electron chi connectivity index (χ2n) is 5.21. The third kappa shape index (κ3) is 13.5. The lowest BCUT2D eigenvalue weighted by atomic mass is 10.1. The minimum absolute atomic E-state index is 0.0684. The van der Waals surface area contributed by atoms with Gasteiger partial charge in [-0.2, -0.15) is 0 Å². The molecule has 0 aliphatic rings. The van der Waals surface area contributed by atoms with Crippen LogP contribution in [0.2, 0.25) is 0 Å². The lowest BCUT2D eigenvalue weighted by Crippen LogP contribution is -2.25. The van der Waals surface area contributed by atoms with Gasteiger partial charge in [-0.15, -0.1) is 0 Å². The Balaban J connectivity index is 3.12. The largest absolute Gasteiger partial charge is 0.393 e. The van der Waals surface area contributed by atoms with Crippen LogP contribution in [0.1, 0.15) is 78.1 Å². The molecule has 1 unspecified atom stereocenters. The van der Waals surface area contributed by atoms with Crippen LogP contribution >= 0.6 is 0 Å².